The van der Waals surface area contributed by atoms with Crippen molar-refractivity contribution in [3.8, 4) is 11.4 Å². The molecule has 0 amide bonds. The summed E-state index contributed by atoms with van der Waals surface area (Å²) in [6, 6.07) is 1.55. The van der Waals surface area contributed by atoms with Gasteiger partial charge in [-0.15, -0.1) is 0 Å². The molecule has 18 heavy (non-hydrogen) atoms. The molecule has 0 aliphatic heterocycles. The number of imidazole rings is 1. The minimum Gasteiger partial charge on any atom is -0.478 e. The van der Waals surface area contributed by atoms with Crippen molar-refractivity contribution in [1.82, 2.24) is 18.7 Å². The van der Waals surface area contributed by atoms with Crippen LogP contribution in [0.2, 0.25) is 0 Å². The first-order chi connectivity index (χ1) is 8.65. The highest BCUT2D eigenvalue weighted by Gasteiger charge is 2.14. The highest BCUT2D eigenvalue weighted by Crippen LogP contribution is 2.23. The Morgan fingerprint density at radius 3 is 2.94 bits per heavy atom. The molecule has 3 rings (SSSR count). The SMILES string of the molecule is Cc1cn2cc(C(=O)O)cc(-c3ncsn3)c2n1. The Bertz CT molecular complexity index is 733. The molecule has 7 heteroatoms. The molecule has 3 heterocycles. The summed E-state index contributed by atoms with van der Waals surface area (Å²) in [6.45, 7) is 1.85. The number of aromatic nitrogens is 4. The van der Waals surface area contributed by atoms with E-state index in [0.29, 0.717) is 17.0 Å². The molecule has 0 bridgehead atoms. The Hall–Kier alpha value is -2.28. The van der Waals surface area contributed by atoms with Gasteiger partial charge in [-0.3, -0.25) is 0 Å². The van der Waals surface area contributed by atoms with Crippen LogP contribution in [0.25, 0.3) is 17.0 Å². The maximum atomic E-state index is 11.1. The van der Waals surface area contributed by atoms with Gasteiger partial charge in [-0.2, -0.15) is 4.37 Å². The van der Waals surface area contributed by atoms with Gasteiger partial charge < -0.3 is 9.51 Å². The predicted octanol–water partition coefficient (Wildman–Crippen LogP) is 1.86. The fourth-order valence-electron chi connectivity index (χ4n) is 1.79. The second-order valence-corrected chi connectivity index (χ2v) is 4.42. The monoisotopic (exact) mass is 260 g/mol. The van der Waals surface area contributed by atoms with Crippen LogP contribution in [-0.2, 0) is 0 Å². The first-order valence-electron chi connectivity index (χ1n) is 5.14. The fraction of sp³-hybridized carbons (Fsp3) is 0.0909. The van der Waals surface area contributed by atoms with E-state index in [9.17, 15) is 4.79 Å². The quantitative estimate of drug-likeness (QED) is 0.760. The van der Waals surface area contributed by atoms with E-state index >= 15 is 0 Å². The van der Waals surface area contributed by atoms with Crippen LogP contribution in [-0.4, -0.2) is 29.8 Å². The summed E-state index contributed by atoms with van der Waals surface area (Å²) in [5.41, 5.74) is 3.90. The van der Waals surface area contributed by atoms with Crippen LogP contribution in [0.4, 0.5) is 0 Å². The Kier molecular flexibility index (Phi) is 2.34. The maximum Gasteiger partial charge on any atom is 0.337 e. The molecule has 0 unspecified atom stereocenters. The van der Waals surface area contributed by atoms with Gasteiger partial charge in [0, 0.05) is 12.4 Å². The summed E-state index contributed by atoms with van der Waals surface area (Å²) in [5, 5.41) is 9.10. The topological polar surface area (TPSA) is 80.4 Å². The van der Waals surface area contributed by atoms with Crippen LogP contribution in [0.1, 0.15) is 16.1 Å². The Labute approximate surface area is 106 Å². The largest absolute Gasteiger partial charge is 0.478 e. The van der Waals surface area contributed by atoms with E-state index in [-0.39, 0.29) is 5.56 Å². The zero-order valence-electron chi connectivity index (χ0n) is 9.36. The molecule has 0 fully saturated rings. The molecule has 0 aliphatic carbocycles. The lowest BCUT2D eigenvalue weighted by atomic mass is 10.2. The second kappa shape index (κ2) is 3.88. The van der Waals surface area contributed by atoms with E-state index in [1.54, 1.807) is 22.2 Å². The molecule has 90 valence electrons. The number of hydrogen-bond acceptors (Lipinski definition) is 5. The number of carboxylic acids is 1. The molecule has 3 aromatic heterocycles. The Balaban J connectivity index is 2.36. The van der Waals surface area contributed by atoms with Gasteiger partial charge in [-0.05, 0) is 24.5 Å². The molecular formula is C11H8N4O2S. The lowest BCUT2D eigenvalue weighted by Crippen LogP contribution is -2.00. The van der Waals surface area contributed by atoms with Gasteiger partial charge in [-0.1, -0.05) is 0 Å². The standard InChI is InChI=1S/C11H8N4O2S/c1-6-3-15-4-7(11(16)17)2-8(10(15)13-6)9-12-5-18-14-9/h2-5H,1H3,(H,16,17). The minimum absolute atomic E-state index is 0.185. The van der Waals surface area contributed by atoms with Gasteiger partial charge in [-0.25, -0.2) is 14.8 Å². The molecule has 0 atom stereocenters. The predicted molar refractivity (Wildman–Crippen MR) is 65.8 cm³/mol. The minimum atomic E-state index is -0.986. The van der Waals surface area contributed by atoms with Crippen molar-refractivity contribution in [3.05, 3.63) is 35.2 Å². The average Bonchev–Trinajstić information content (AvgIpc) is 2.94. The maximum absolute atomic E-state index is 11.1. The molecule has 0 saturated heterocycles. The van der Waals surface area contributed by atoms with Gasteiger partial charge in [0.15, 0.2) is 5.82 Å². The highest BCUT2D eigenvalue weighted by atomic mass is 32.1. The highest BCUT2D eigenvalue weighted by molar-refractivity contribution is 7.03. The fourth-order valence-corrected chi connectivity index (χ4v) is 2.23. The third-order valence-corrected chi connectivity index (χ3v) is 3.00. The number of carboxylic acid groups (broad SMARTS) is 1. The zero-order chi connectivity index (χ0) is 12.7. The first-order valence-corrected chi connectivity index (χ1v) is 5.98. The summed E-state index contributed by atoms with van der Waals surface area (Å²) in [4.78, 5) is 19.6. The first kappa shape index (κ1) is 10.8. The van der Waals surface area contributed by atoms with Crippen molar-refractivity contribution in [2.24, 2.45) is 0 Å². The zero-order valence-corrected chi connectivity index (χ0v) is 10.2. The molecule has 6 nitrogen and oxygen atoms in total. The van der Waals surface area contributed by atoms with Gasteiger partial charge in [0.05, 0.1) is 16.8 Å². The lowest BCUT2D eigenvalue weighted by Gasteiger charge is -2.02. The lowest BCUT2D eigenvalue weighted by molar-refractivity contribution is 0.0696. The van der Waals surface area contributed by atoms with Crippen LogP contribution in [0.15, 0.2) is 24.0 Å². The van der Waals surface area contributed by atoms with E-state index in [1.807, 2.05) is 6.92 Å². The summed E-state index contributed by atoms with van der Waals surface area (Å²) in [5.74, 6) is -0.488. The van der Waals surface area contributed by atoms with E-state index in [1.165, 1.54) is 17.7 Å². The number of nitrogens with zero attached hydrogens (tertiary/aromatic N) is 4. The van der Waals surface area contributed by atoms with Crippen molar-refractivity contribution in [2.75, 3.05) is 0 Å². The van der Waals surface area contributed by atoms with Crippen molar-refractivity contribution >= 4 is 23.1 Å². The normalized spacial score (nSPS) is 10.9. The van der Waals surface area contributed by atoms with Crippen LogP contribution in [0.3, 0.4) is 0 Å². The smallest absolute Gasteiger partial charge is 0.337 e. The molecule has 1 N–H and O–H groups in total. The number of pyridine rings is 1. The summed E-state index contributed by atoms with van der Waals surface area (Å²) in [6.07, 6.45) is 3.31. The molecule has 3 aromatic rings. The summed E-state index contributed by atoms with van der Waals surface area (Å²) in [7, 11) is 0. The molecule has 0 spiro atoms. The van der Waals surface area contributed by atoms with Gasteiger partial charge in [0.25, 0.3) is 0 Å². The molecule has 0 aliphatic rings. The summed E-state index contributed by atoms with van der Waals surface area (Å²) >= 11 is 1.22. The third kappa shape index (κ3) is 1.65. The van der Waals surface area contributed by atoms with E-state index in [4.69, 9.17) is 5.11 Å². The number of hydrogen-bond donors (Lipinski definition) is 1. The molecule has 0 radical (unpaired) electrons. The van der Waals surface area contributed by atoms with Gasteiger partial charge in [0.1, 0.15) is 11.2 Å². The number of aryl methyl sites for hydroxylation is 1. The summed E-state index contributed by atoms with van der Waals surface area (Å²) < 4.78 is 5.82. The van der Waals surface area contributed by atoms with E-state index in [2.05, 4.69) is 14.3 Å². The van der Waals surface area contributed by atoms with Crippen molar-refractivity contribution < 1.29 is 9.90 Å². The van der Waals surface area contributed by atoms with Crippen molar-refractivity contribution in [3.63, 3.8) is 0 Å². The number of aromatic carboxylic acids is 1. The van der Waals surface area contributed by atoms with Gasteiger partial charge in [0.2, 0.25) is 0 Å². The Morgan fingerprint density at radius 2 is 2.28 bits per heavy atom. The van der Waals surface area contributed by atoms with Crippen molar-refractivity contribution in [2.45, 2.75) is 6.92 Å². The number of fused-ring (bicyclic) bond motifs is 1. The molecular weight excluding hydrogens is 252 g/mol. The van der Waals surface area contributed by atoms with Gasteiger partial charge >= 0.3 is 5.97 Å². The van der Waals surface area contributed by atoms with E-state index < -0.39 is 5.97 Å². The van der Waals surface area contributed by atoms with Crippen LogP contribution in [0, 0.1) is 6.92 Å². The van der Waals surface area contributed by atoms with Crippen LogP contribution < -0.4 is 0 Å². The van der Waals surface area contributed by atoms with Crippen molar-refractivity contribution in [1.29, 1.82) is 0 Å². The number of rotatable bonds is 2. The number of carbonyl (C=O) groups is 1. The Morgan fingerprint density at radius 1 is 1.44 bits per heavy atom. The average molecular weight is 260 g/mol. The molecule has 0 saturated carbocycles. The molecule has 0 aromatic carbocycles. The third-order valence-electron chi connectivity index (χ3n) is 2.52. The van der Waals surface area contributed by atoms with Crippen LogP contribution in [0.5, 0.6) is 0 Å². The van der Waals surface area contributed by atoms with E-state index in [0.717, 1.165) is 5.69 Å². The van der Waals surface area contributed by atoms with Crippen LogP contribution >= 0.6 is 11.5 Å². The second-order valence-electron chi connectivity index (χ2n) is 3.82.